The number of nitrogens with one attached hydrogen (secondary N) is 1. The van der Waals surface area contributed by atoms with E-state index in [9.17, 15) is 4.79 Å². The van der Waals surface area contributed by atoms with E-state index in [0.29, 0.717) is 29.3 Å². The van der Waals surface area contributed by atoms with Gasteiger partial charge in [-0.05, 0) is 71.8 Å². The summed E-state index contributed by atoms with van der Waals surface area (Å²) in [6.45, 7) is 4.96. The summed E-state index contributed by atoms with van der Waals surface area (Å²) in [6.07, 6.45) is 0.939. The molecule has 0 radical (unpaired) electrons. The molecule has 0 unspecified atom stereocenters. The van der Waals surface area contributed by atoms with Crippen molar-refractivity contribution in [2.45, 2.75) is 32.3 Å². The van der Waals surface area contributed by atoms with Crippen molar-refractivity contribution >= 4 is 34.0 Å². The van der Waals surface area contributed by atoms with Gasteiger partial charge in [0.05, 0.1) is 25.5 Å². The van der Waals surface area contributed by atoms with Crippen LogP contribution in [0, 0.1) is 11.8 Å². The van der Waals surface area contributed by atoms with Gasteiger partial charge in [0.2, 0.25) is 0 Å². The number of amides is 1. The second kappa shape index (κ2) is 12.9. The minimum Gasteiger partial charge on any atom is -0.497 e. The number of nitrogens with zero attached hydrogens (tertiary/aromatic N) is 1. The molecule has 0 aliphatic carbocycles. The van der Waals surface area contributed by atoms with E-state index >= 15 is 0 Å². The van der Waals surface area contributed by atoms with Crippen LogP contribution < -0.4 is 14.8 Å². The first-order chi connectivity index (χ1) is 19.4. The van der Waals surface area contributed by atoms with Crippen LogP contribution in [-0.4, -0.2) is 31.2 Å². The third-order valence-corrected chi connectivity index (χ3v) is 8.42. The number of carbonyl (C=O) groups is 1. The lowest BCUT2D eigenvalue weighted by Gasteiger charge is -2.39. The minimum absolute atomic E-state index is 0.0530. The monoisotopic (exact) mass is 576 g/mol. The summed E-state index contributed by atoms with van der Waals surface area (Å²) in [7, 11) is 1.63. The quantitative estimate of drug-likeness (QED) is 0.218. The molecule has 6 nitrogen and oxygen atoms in total. The van der Waals surface area contributed by atoms with Crippen LogP contribution in [0.15, 0.2) is 78.2 Å². The number of hydrogen-bond acceptors (Lipinski definition) is 6. The van der Waals surface area contributed by atoms with Gasteiger partial charge in [0, 0.05) is 21.9 Å². The molecule has 1 amide bonds. The van der Waals surface area contributed by atoms with Crippen molar-refractivity contribution in [1.29, 1.82) is 0 Å². The van der Waals surface area contributed by atoms with Crippen molar-refractivity contribution in [3.63, 3.8) is 0 Å². The Kier molecular flexibility index (Phi) is 9.04. The number of rotatable bonds is 9. The Labute approximate surface area is 244 Å². The van der Waals surface area contributed by atoms with Crippen molar-refractivity contribution < 1.29 is 19.0 Å². The molecule has 1 N–H and O–H groups in total. The SMILES string of the molecule is COc1ccc(-c2csc(NC(=O)COc3cccc([C@@H]4OC[C@@H](c5ccccc5Cl)C[C@H]4C(C)C)c3)n2)cc1. The predicted molar refractivity (Wildman–Crippen MR) is 160 cm³/mol. The number of carbonyl (C=O) groups excluding carboxylic acids is 1. The van der Waals surface area contributed by atoms with E-state index in [1.807, 2.05) is 66.0 Å². The van der Waals surface area contributed by atoms with E-state index in [2.05, 4.69) is 36.3 Å². The molecule has 0 saturated carbocycles. The maximum Gasteiger partial charge on any atom is 0.264 e. The van der Waals surface area contributed by atoms with Crippen molar-refractivity contribution in [2.75, 3.05) is 25.6 Å². The Bertz CT molecular complexity index is 1440. The predicted octanol–water partition coefficient (Wildman–Crippen LogP) is 8.01. The molecule has 5 rings (SSSR count). The number of aromatic nitrogens is 1. The Morgan fingerprint density at radius 2 is 1.90 bits per heavy atom. The molecule has 3 atom stereocenters. The zero-order valence-corrected chi connectivity index (χ0v) is 24.4. The fraction of sp³-hybridized carbons (Fsp3) is 0.312. The van der Waals surface area contributed by atoms with Gasteiger partial charge in [-0.1, -0.05) is 55.8 Å². The third kappa shape index (κ3) is 6.66. The lowest BCUT2D eigenvalue weighted by atomic mass is 9.76. The average Bonchev–Trinajstić information content (AvgIpc) is 3.44. The van der Waals surface area contributed by atoms with Crippen LogP contribution in [0.4, 0.5) is 5.13 Å². The maximum absolute atomic E-state index is 12.6. The van der Waals surface area contributed by atoms with Crippen LogP contribution in [0.5, 0.6) is 11.5 Å². The summed E-state index contributed by atoms with van der Waals surface area (Å²) in [5, 5.41) is 6.06. The smallest absolute Gasteiger partial charge is 0.264 e. The van der Waals surface area contributed by atoms with Gasteiger partial charge in [-0.2, -0.15) is 0 Å². The van der Waals surface area contributed by atoms with Crippen LogP contribution in [0.3, 0.4) is 0 Å². The highest BCUT2D eigenvalue weighted by molar-refractivity contribution is 7.14. The molecule has 2 heterocycles. The standard InChI is InChI=1S/C32H33ClN2O4S/c1-20(2)27-16-23(26-9-4-5-10-28(26)33)17-39-31(27)22-7-6-8-25(15-22)38-18-30(36)35-32-34-29(19-40-32)21-11-13-24(37-3)14-12-21/h4-15,19-20,23,27,31H,16-18H2,1-3H3,(H,34,35,36)/t23-,27-,31-/m0/s1. The molecule has 1 saturated heterocycles. The zero-order chi connectivity index (χ0) is 28.1. The van der Waals surface area contributed by atoms with Crippen LogP contribution in [-0.2, 0) is 9.53 Å². The second-order valence-corrected chi connectivity index (χ2v) is 11.6. The van der Waals surface area contributed by atoms with Gasteiger partial charge in [0.15, 0.2) is 11.7 Å². The van der Waals surface area contributed by atoms with Gasteiger partial charge in [-0.3, -0.25) is 10.1 Å². The first-order valence-electron chi connectivity index (χ1n) is 13.4. The number of ether oxygens (including phenoxy) is 3. The van der Waals surface area contributed by atoms with Crippen LogP contribution in [0.25, 0.3) is 11.3 Å². The molecular formula is C32H33ClN2O4S. The fourth-order valence-electron chi connectivity index (χ4n) is 5.16. The third-order valence-electron chi connectivity index (χ3n) is 7.32. The van der Waals surface area contributed by atoms with Crippen molar-refractivity contribution in [3.05, 3.63) is 94.3 Å². The van der Waals surface area contributed by atoms with E-state index in [1.165, 1.54) is 11.3 Å². The second-order valence-electron chi connectivity index (χ2n) is 10.3. The molecule has 3 aromatic carbocycles. The van der Waals surface area contributed by atoms with Gasteiger partial charge in [0.1, 0.15) is 11.5 Å². The zero-order valence-electron chi connectivity index (χ0n) is 22.8. The molecule has 40 heavy (non-hydrogen) atoms. The summed E-state index contributed by atoms with van der Waals surface area (Å²) in [5.41, 5.74) is 3.94. The van der Waals surface area contributed by atoms with Crippen molar-refractivity contribution in [1.82, 2.24) is 4.98 Å². The molecule has 1 aliphatic heterocycles. The van der Waals surface area contributed by atoms with E-state index < -0.39 is 0 Å². The number of benzene rings is 3. The van der Waals surface area contributed by atoms with Crippen LogP contribution in [0.2, 0.25) is 5.02 Å². The fourth-order valence-corrected chi connectivity index (χ4v) is 6.19. The number of halogens is 1. The van der Waals surface area contributed by atoms with Gasteiger partial charge < -0.3 is 14.2 Å². The first-order valence-corrected chi connectivity index (χ1v) is 14.7. The van der Waals surface area contributed by atoms with E-state index in [-0.39, 0.29) is 24.5 Å². The maximum atomic E-state index is 12.6. The normalized spacial score (nSPS) is 18.9. The summed E-state index contributed by atoms with van der Waals surface area (Å²) in [5.74, 6) is 2.15. The molecule has 8 heteroatoms. The van der Waals surface area contributed by atoms with Crippen LogP contribution in [0.1, 0.15) is 43.4 Å². The molecule has 1 aromatic heterocycles. The lowest BCUT2D eigenvalue weighted by molar-refractivity contribution is -0.118. The Hall–Kier alpha value is -3.39. The number of thiazole rings is 1. The Balaban J connectivity index is 1.19. The van der Waals surface area contributed by atoms with Crippen molar-refractivity contribution in [2.24, 2.45) is 11.8 Å². The lowest BCUT2D eigenvalue weighted by Crippen LogP contribution is -2.31. The van der Waals surface area contributed by atoms with E-state index in [4.69, 9.17) is 25.8 Å². The highest BCUT2D eigenvalue weighted by Gasteiger charge is 2.35. The summed E-state index contributed by atoms with van der Waals surface area (Å²) >= 11 is 7.87. The molecule has 1 fully saturated rings. The Morgan fingerprint density at radius 1 is 1.10 bits per heavy atom. The van der Waals surface area contributed by atoms with Gasteiger partial charge in [0.25, 0.3) is 5.91 Å². The molecular weight excluding hydrogens is 544 g/mol. The molecule has 4 aromatic rings. The van der Waals surface area contributed by atoms with Crippen LogP contribution >= 0.6 is 22.9 Å². The molecule has 0 spiro atoms. The van der Waals surface area contributed by atoms with E-state index in [1.54, 1.807) is 7.11 Å². The largest absolute Gasteiger partial charge is 0.497 e. The molecule has 0 bridgehead atoms. The number of anilines is 1. The number of hydrogen-bond donors (Lipinski definition) is 1. The van der Waals surface area contributed by atoms with Gasteiger partial charge >= 0.3 is 0 Å². The topological polar surface area (TPSA) is 69.7 Å². The summed E-state index contributed by atoms with van der Waals surface area (Å²) in [6, 6.07) is 23.5. The summed E-state index contributed by atoms with van der Waals surface area (Å²) < 4.78 is 17.5. The molecule has 208 valence electrons. The number of methoxy groups -OCH3 is 1. The highest BCUT2D eigenvalue weighted by Crippen LogP contribution is 2.45. The average molecular weight is 577 g/mol. The first kappa shape index (κ1) is 28.1. The summed E-state index contributed by atoms with van der Waals surface area (Å²) in [4.78, 5) is 17.1. The van der Waals surface area contributed by atoms with Gasteiger partial charge in [-0.15, -0.1) is 11.3 Å². The Morgan fingerprint density at radius 3 is 2.65 bits per heavy atom. The van der Waals surface area contributed by atoms with Crippen molar-refractivity contribution in [3.8, 4) is 22.8 Å². The van der Waals surface area contributed by atoms with E-state index in [0.717, 1.165) is 39.6 Å². The minimum atomic E-state index is -0.266. The highest BCUT2D eigenvalue weighted by atomic mass is 35.5. The van der Waals surface area contributed by atoms with Gasteiger partial charge in [-0.25, -0.2) is 4.98 Å². The molecule has 1 aliphatic rings.